The fraction of sp³-hybridized carbons (Fsp3) is 0.273. The van der Waals surface area contributed by atoms with E-state index in [4.69, 9.17) is 5.73 Å². The van der Waals surface area contributed by atoms with Gasteiger partial charge in [0, 0.05) is 5.69 Å². The fourth-order valence-electron chi connectivity index (χ4n) is 1.62. The van der Waals surface area contributed by atoms with Gasteiger partial charge in [-0.05, 0) is 24.1 Å². The third-order valence-corrected chi connectivity index (χ3v) is 4.07. The smallest absolute Gasteiger partial charge is 0.241 e. The maximum absolute atomic E-state index is 12.2. The van der Waals surface area contributed by atoms with Crippen LogP contribution in [0.5, 0.6) is 0 Å². The van der Waals surface area contributed by atoms with Gasteiger partial charge in [0.15, 0.2) is 5.82 Å². The minimum Gasteiger partial charge on any atom is -0.399 e. The molecular formula is C11H14N4O3S. The third-order valence-electron chi connectivity index (χ3n) is 2.59. The van der Waals surface area contributed by atoms with E-state index < -0.39 is 10.0 Å². The number of anilines is 1. The zero-order valence-electron chi connectivity index (χ0n) is 10.3. The molecule has 0 amide bonds. The summed E-state index contributed by atoms with van der Waals surface area (Å²) in [6, 6.07) is 4.83. The maximum Gasteiger partial charge on any atom is 0.241 e. The summed E-state index contributed by atoms with van der Waals surface area (Å²) >= 11 is 0. The molecule has 19 heavy (non-hydrogen) atoms. The molecule has 1 aromatic carbocycles. The molecule has 2 aromatic rings. The van der Waals surface area contributed by atoms with Crippen LogP contribution in [0.25, 0.3) is 0 Å². The Balaban J connectivity index is 2.26. The van der Waals surface area contributed by atoms with Gasteiger partial charge >= 0.3 is 0 Å². The van der Waals surface area contributed by atoms with Gasteiger partial charge in [-0.3, -0.25) is 0 Å². The lowest BCUT2D eigenvalue weighted by Gasteiger charge is -2.10. The number of nitrogens with one attached hydrogen (secondary N) is 1. The lowest BCUT2D eigenvalue weighted by atomic mass is 10.1. The van der Waals surface area contributed by atoms with Crippen LogP contribution < -0.4 is 10.5 Å². The molecule has 0 atom stereocenters. The first kappa shape index (κ1) is 13.5. The largest absolute Gasteiger partial charge is 0.399 e. The summed E-state index contributed by atoms with van der Waals surface area (Å²) < 4.78 is 31.4. The van der Waals surface area contributed by atoms with Gasteiger partial charge in [-0.25, -0.2) is 13.1 Å². The SMILES string of the molecule is CCc1ccc(N)cc1S(=O)(=O)NCc1ncon1. The van der Waals surface area contributed by atoms with E-state index in [2.05, 4.69) is 19.4 Å². The second-order valence-corrected chi connectivity index (χ2v) is 5.63. The summed E-state index contributed by atoms with van der Waals surface area (Å²) in [5, 5.41) is 3.54. The lowest BCUT2D eigenvalue weighted by Crippen LogP contribution is -2.25. The predicted molar refractivity (Wildman–Crippen MR) is 68.6 cm³/mol. The molecule has 0 saturated carbocycles. The Morgan fingerprint density at radius 3 is 2.84 bits per heavy atom. The van der Waals surface area contributed by atoms with Crippen LogP contribution in [0.2, 0.25) is 0 Å². The van der Waals surface area contributed by atoms with Gasteiger partial charge in [-0.15, -0.1) is 0 Å². The van der Waals surface area contributed by atoms with Crippen molar-refractivity contribution in [1.29, 1.82) is 0 Å². The molecule has 0 spiro atoms. The normalized spacial score (nSPS) is 11.6. The van der Waals surface area contributed by atoms with E-state index in [9.17, 15) is 8.42 Å². The maximum atomic E-state index is 12.2. The highest BCUT2D eigenvalue weighted by atomic mass is 32.2. The van der Waals surface area contributed by atoms with Gasteiger partial charge in [0.05, 0.1) is 11.4 Å². The molecule has 1 heterocycles. The van der Waals surface area contributed by atoms with Crippen molar-refractivity contribution in [2.75, 3.05) is 5.73 Å². The van der Waals surface area contributed by atoms with Gasteiger partial charge in [0.25, 0.3) is 0 Å². The number of nitrogen functional groups attached to an aromatic ring is 1. The second-order valence-electron chi connectivity index (χ2n) is 3.89. The number of aromatic nitrogens is 2. The predicted octanol–water partition coefficient (Wildman–Crippen LogP) is 0.693. The average molecular weight is 282 g/mol. The minimum absolute atomic E-state index is 0.0310. The van der Waals surface area contributed by atoms with Crippen LogP contribution in [0.1, 0.15) is 18.3 Å². The van der Waals surface area contributed by atoms with Crippen molar-refractivity contribution in [3.8, 4) is 0 Å². The molecule has 0 aliphatic rings. The summed E-state index contributed by atoms with van der Waals surface area (Å²) in [5.41, 5.74) is 6.74. The summed E-state index contributed by atoms with van der Waals surface area (Å²) in [5.74, 6) is 0.269. The Bertz CT molecular complexity index is 653. The molecule has 1 aromatic heterocycles. The molecule has 0 saturated heterocycles. The van der Waals surface area contributed by atoms with Crippen molar-refractivity contribution in [2.24, 2.45) is 0 Å². The van der Waals surface area contributed by atoms with Crippen LogP contribution >= 0.6 is 0 Å². The number of nitrogens with two attached hydrogens (primary N) is 1. The van der Waals surface area contributed by atoms with Crippen molar-refractivity contribution < 1.29 is 12.9 Å². The van der Waals surface area contributed by atoms with Gasteiger partial charge < -0.3 is 10.3 Å². The van der Waals surface area contributed by atoms with Crippen molar-refractivity contribution in [3.63, 3.8) is 0 Å². The molecule has 3 N–H and O–H groups in total. The summed E-state index contributed by atoms with van der Waals surface area (Å²) in [6.07, 6.45) is 1.74. The van der Waals surface area contributed by atoms with Crippen LogP contribution in [0.15, 0.2) is 34.0 Å². The van der Waals surface area contributed by atoms with Crippen LogP contribution in [0.4, 0.5) is 5.69 Å². The van der Waals surface area contributed by atoms with Crippen molar-refractivity contribution in [2.45, 2.75) is 24.8 Å². The number of sulfonamides is 1. The molecule has 8 heteroatoms. The van der Waals surface area contributed by atoms with E-state index in [-0.39, 0.29) is 17.3 Å². The number of benzene rings is 1. The lowest BCUT2D eigenvalue weighted by molar-refractivity contribution is 0.409. The van der Waals surface area contributed by atoms with Gasteiger partial charge in [0.1, 0.15) is 0 Å². The fourth-order valence-corrected chi connectivity index (χ4v) is 2.94. The first-order valence-corrected chi connectivity index (χ1v) is 7.14. The number of hydrogen-bond donors (Lipinski definition) is 2. The van der Waals surface area contributed by atoms with Crippen LogP contribution in [0.3, 0.4) is 0 Å². The van der Waals surface area contributed by atoms with Gasteiger partial charge in [-0.1, -0.05) is 18.1 Å². The van der Waals surface area contributed by atoms with E-state index >= 15 is 0 Å². The van der Waals surface area contributed by atoms with Gasteiger partial charge in [-0.2, -0.15) is 4.98 Å². The number of rotatable bonds is 5. The average Bonchev–Trinajstić information content (AvgIpc) is 2.89. The van der Waals surface area contributed by atoms with Crippen LogP contribution in [-0.4, -0.2) is 18.6 Å². The summed E-state index contributed by atoms with van der Waals surface area (Å²) in [6.45, 7) is 1.85. The number of hydrogen-bond acceptors (Lipinski definition) is 6. The molecule has 0 radical (unpaired) electrons. The Morgan fingerprint density at radius 1 is 1.42 bits per heavy atom. The standard InChI is InChI=1S/C11H14N4O3S/c1-2-8-3-4-9(12)5-10(8)19(16,17)14-6-11-13-7-18-15-11/h3-5,7,14H,2,6,12H2,1H3. The topological polar surface area (TPSA) is 111 Å². The van der Waals surface area contributed by atoms with Crippen LogP contribution in [-0.2, 0) is 23.0 Å². The van der Waals surface area contributed by atoms with E-state index in [0.29, 0.717) is 17.7 Å². The van der Waals surface area contributed by atoms with E-state index in [0.717, 1.165) is 6.39 Å². The molecule has 7 nitrogen and oxygen atoms in total. The minimum atomic E-state index is -3.65. The molecule has 0 bridgehead atoms. The summed E-state index contributed by atoms with van der Waals surface area (Å²) in [7, 11) is -3.65. The monoisotopic (exact) mass is 282 g/mol. The van der Waals surface area contributed by atoms with Crippen molar-refractivity contribution >= 4 is 15.7 Å². The highest BCUT2D eigenvalue weighted by Gasteiger charge is 2.18. The highest BCUT2D eigenvalue weighted by molar-refractivity contribution is 7.89. The van der Waals surface area contributed by atoms with E-state index in [1.54, 1.807) is 12.1 Å². The second kappa shape index (κ2) is 5.37. The number of aryl methyl sites for hydroxylation is 1. The molecular weight excluding hydrogens is 268 g/mol. The Hall–Kier alpha value is -1.93. The molecule has 0 fully saturated rings. The first-order chi connectivity index (χ1) is 9.03. The van der Waals surface area contributed by atoms with E-state index in [1.165, 1.54) is 6.07 Å². The molecule has 0 aliphatic heterocycles. The quantitative estimate of drug-likeness (QED) is 0.780. The Labute approximate surface area is 110 Å². The van der Waals surface area contributed by atoms with Crippen molar-refractivity contribution in [3.05, 3.63) is 36.0 Å². The molecule has 102 valence electrons. The first-order valence-electron chi connectivity index (χ1n) is 5.66. The van der Waals surface area contributed by atoms with Crippen LogP contribution in [0, 0.1) is 0 Å². The molecule has 0 aliphatic carbocycles. The number of nitrogens with zero attached hydrogens (tertiary/aromatic N) is 2. The van der Waals surface area contributed by atoms with Crippen molar-refractivity contribution in [1.82, 2.24) is 14.9 Å². The molecule has 2 rings (SSSR count). The third kappa shape index (κ3) is 3.09. The molecule has 0 unspecified atom stereocenters. The van der Waals surface area contributed by atoms with Gasteiger partial charge in [0.2, 0.25) is 16.4 Å². The summed E-state index contributed by atoms with van der Waals surface area (Å²) in [4.78, 5) is 3.92. The highest BCUT2D eigenvalue weighted by Crippen LogP contribution is 2.19. The van der Waals surface area contributed by atoms with E-state index in [1.807, 2.05) is 6.92 Å². The Morgan fingerprint density at radius 2 is 2.21 bits per heavy atom. The zero-order valence-corrected chi connectivity index (χ0v) is 11.1. The zero-order chi connectivity index (χ0) is 13.9. The Kier molecular flexibility index (Phi) is 3.82.